The maximum atomic E-state index is 12.6. The molecule has 0 aromatic heterocycles. The first-order chi connectivity index (χ1) is 11.4. The van der Waals surface area contributed by atoms with E-state index in [1.165, 1.54) is 16.7 Å². The largest absolute Gasteiger partial charge is 0.348 e. The van der Waals surface area contributed by atoms with Crippen LogP contribution in [0.4, 0.5) is 0 Å². The summed E-state index contributed by atoms with van der Waals surface area (Å²) in [6.07, 6.45) is 0.869. The van der Waals surface area contributed by atoms with Crippen LogP contribution < -0.4 is 5.32 Å². The molecule has 2 unspecified atom stereocenters. The molecule has 0 saturated heterocycles. The van der Waals surface area contributed by atoms with E-state index < -0.39 is 0 Å². The second-order valence-corrected chi connectivity index (χ2v) is 7.89. The fourth-order valence-electron chi connectivity index (χ4n) is 2.68. The SMILES string of the molecule is CCC(NC(=O)C(C)Sc1ccc(Cl)cc1)c1ccc(C)cc1C. The van der Waals surface area contributed by atoms with Crippen molar-refractivity contribution >= 4 is 29.3 Å². The molecule has 0 fully saturated rings. The highest BCUT2D eigenvalue weighted by Gasteiger charge is 2.20. The Morgan fingerprint density at radius 1 is 1.17 bits per heavy atom. The van der Waals surface area contributed by atoms with Crippen LogP contribution in [0.2, 0.25) is 5.02 Å². The van der Waals surface area contributed by atoms with Gasteiger partial charge in [0.2, 0.25) is 5.91 Å². The summed E-state index contributed by atoms with van der Waals surface area (Å²) in [6, 6.07) is 14.0. The van der Waals surface area contributed by atoms with Crippen molar-refractivity contribution in [3.05, 3.63) is 64.2 Å². The molecule has 2 nitrogen and oxygen atoms in total. The van der Waals surface area contributed by atoms with Crippen molar-refractivity contribution in [3.8, 4) is 0 Å². The van der Waals surface area contributed by atoms with Gasteiger partial charge in [-0.05, 0) is 62.6 Å². The average Bonchev–Trinajstić information content (AvgIpc) is 2.55. The van der Waals surface area contributed by atoms with Crippen LogP contribution in [0.3, 0.4) is 0 Å². The van der Waals surface area contributed by atoms with Gasteiger partial charge in [0.05, 0.1) is 11.3 Å². The van der Waals surface area contributed by atoms with Gasteiger partial charge in [-0.3, -0.25) is 4.79 Å². The van der Waals surface area contributed by atoms with E-state index in [0.717, 1.165) is 11.3 Å². The molecule has 1 N–H and O–H groups in total. The van der Waals surface area contributed by atoms with Crippen molar-refractivity contribution in [2.75, 3.05) is 0 Å². The van der Waals surface area contributed by atoms with E-state index in [1.54, 1.807) is 11.8 Å². The van der Waals surface area contributed by atoms with Crippen LogP contribution in [0.1, 0.15) is 43.0 Å². The molecule has 4 heteroatoms. The molecule has 0 spiro atoms. The van der Waals surface area contributed by atoms with Gasteiger partial charge in [-0.1, -0.05) is 42.3 Å². The minimum Gasteiger partial charge on any atom is -0.348 e. The van der Waals surface area contributed by atoms with Gasteiger partial charge >= 0.3 is 0 Å². The molecular formula is C20H24ClNOS. The number of carbonyl (C=O) groups excluding carboxylic acids is 1. The predicted molar refractivity (Wildman–Crippen MR) is 104 cm³/mol. The van der Waals surface area contributed by atoms with Crippen LogP contribution in [0.25, 0.3) is 0 Å². The normalized spacial score (nSPS) is 13.4. The monoisotopic (exact) mass is 361 g/mol. The van der Waals surface area contributed by atoms with E-state index in [4.69, 9.17) is 11.6 Å². The molecular weight excluding hydrogens is 338 g/mol. The molecule has 0 aliphatic heterocycles. The Morgan fingerprint density at radius 2 is 1.83 bits per heavy atom. The zero-order valence-electron chi connectivity index (χ0n) is 14.6. The van der Waals surface area contributed by atoms with Gasteiger partial charge in [-0.2, -0.15) is 0 Å². The first-order valence-corrected chi connectivity index (χ1v) is 9.46. The number of hydrogen-bond donors (Lipinski definition) is 1. The number of amides is 1. The van der Waals surface area contributed by atoms with E-state index in [-0.39, 0.29) is 17.2 Å². The van der Waals surface area contributed by atoms with E-state index in [1.807, 2.05) is 31.2 Å². The van der Waals surface area contributed by atoms with Gasteiger partial charge in [0.15, 0.2) is 0 Å². The molecule has 0 heterocycles. The third-order valence-corrected chi connectivity index (χ3v) is 5.39. The number of nitrogens with one attached hydrogen (secondary N) is 1. The number of rotatable bonds is 6. The molecule has 0 aliphatic carbocycles. The Morgan fingerprint density at radius 3 is 2.42 bits per heavy atom. The summed E-state index contributed by atoms with van der Waals surface area (Å²) in [5.74, 6) is 0.0572. The number of thioether (sulfide) groups is 1. The quantitative estimate of drug-likeness (QED) is 0.668. The maximum absolute atomic E-state index is 12.6. The Bertz CT molecular complexity index is 699. The molecule has 1 amide bonds. The molecule has 2 rings (SSSR count). The summed E-state index contributed by atoms with van der Waals surface area (Å²) in [5.41, 5.74) is 3.66. The number of halogens is 1. The number of carbonyl (C=O) groups is 1. The lowest BCUT2D eigenvalue weighted by molar-refractivity contribution is -0.121. The van der Waals surface area contributed by atoms with Crippen molar-refractivity contribution in [1.29, 1.82) is 0 Å². The first-order valence-electron chi connectivity index (χ1n) is 8.20. The summed E-state index contributed by atoms with van der Waals surface area (Å²) < 4.78 is 0. The van der Waals surface area contributed by atoms with Gasteiger partial charge in [0.25, 0.3) is 0 Å². The van der Waals surface area contributed by atoms with Crippen LogP contribution in [0.15, 0.2) is 47.4 Å². The van der Waals surface area contributed by atoms with Crippen molar-refractivity contribution in [1.82, 2.24) is 5.32 Å². The molecule has 2 aromatic rings. The summed E-state index contributed by atoms with van der Waals surface area (Å²) in [6.45, 7) is 8.22. The lowest BCUT2D eigenvalue weighted by Crippen LogP contribution is -2.34. The highest BCUT2D eigenvalue weighted by atomic mass is 35.5. The molecule has 128 valence electrons. The van der Waals surface area contributed by atoms with Crippen LogP contribution in [0.5, 0.6) is 0 Å². The lowest BCUT2D eigenvalue weighted by Gasteiger charge is -2.22. The van der Waals surface area contributed by atoms with Crippen LogP contribution in [-0.2, 0) is 4.79 Å². The second-order valence-electron chi connectivity index (χ2n) is 6.04. The zero-order valence-corrected chi connectivity index (χ0v) is 16.2. The molecule has 2 atom stereocenters. The van der Waals surface area contributed by atoms with Crippen LogP contribution >= 0.6 is 23.4 Å². The summed E-state index contributed by atoms with van der Waals surface area (Å²) in [7, 11) is 0. The highest BCUT2D eigenvalue weighted by Crippen LogP contribution is 2.27. The van der Waals surface area contributed by atoms with Gasteiger partial charge in [0, 0.05) is 9.92 Å². The van der Waals surface area contributed by atoms with Crippen molar-refractivity contribution < 1.29 is 4.79 Å². The fraction of sp³-hybridized carbons (Fsp3) is 0.350. The first kappa shape index (κ1) is 18.9. The second kappa shape index (κ2) is 8.59. The Kier molecular flexibility index (Phi) is 6.76. The van der Waals surface area contributed by atoms with Gasteiger partial charge < -0.3 is 5.32 Å². The van der Waals surface area contributed by atoms with Gasteiger partial charge in [-0.25, -0.2) is 0 Å². The third kappa shape index (κ3) is 5.02. The third-order valence-electron chi connectivity index (χ3n) is 4.02. The minimum absolute atomic E-state index is 0.0476. The minimum atomic E-state index is -0.161. The molecule has 2 aromatic carbocycles. The Labute approximate surface area is 154 Å². The maximum Gasteiger partial charge on any atom is 0.233 e. The van der Waals surface area contributed by atoms with E-state index in [0.29, 0.717) is 5.02 Å². The van der Waals surface area contributed by atoms with E-state index >= 15 is 0 Å². The number of benzene rings is 2. The zero-order chi connectivity index (χ0) is 17.7. The highest BCUT2D eigenvalue weighted by molar-refractivity contribution is 8.00. The lowest BCUT2D eigenvalue weighted by atomic mass is 9.97. The van der Waals surface area contributed by atoms with Gasteiger partial charge in [0.1, 0.15) is 0 Å². The molecule has 0 radical (unpaired) electrons. The standard InChI is InChI=1S/C20H24ClNOS/c1-5-19(18-11-6-13(2)12-14(18)3)22-20(23)15(4)24-17-9-7-16(21)8-10-17/h6-12,15,19H,5H2,1-4H3,(H,22,23). The molecule has 0 bridgehead atoms. The fourth-order valence-corrected chi connectivity index (χ4v) is 3.68. The van der Waals surface area contributed by atoms with Crippen LogP contribution in [-0.4, -0.2) is 11.2 Å². The van der Waals surface area contributed by atoms with Crippen molar-refractivity contribution in [2.24, 2.45) is 0 Å². The van der Waals surface area contributed by atoms with Crippen molar-refractivity contribution in [2.45, 2.75) is 50.3 Å². The molecule has 24 heavy (non-hydrogen) atoms. The Hall–Kier alpha value is -1.45. The topological polar surface area (TPSA) is 29.1 Å². The molecule has 0 aliphatic rings. The smallest absolute Gasteiger partial charge is 0.233 e. The number of hydrogen-bond acceptors (Lipinski definition) is 2. The van der Waals surface area contributed by atoms with Gasteiger partial charge in [-0.15, -0.1) is 11.8 Å². The van der Waals surface area contributed by atoms with E-state index in [2.05, 4.69) is 44.3 Å². The average molecular weight is 362 g/mol. The van der Waals surface area contributed by atoms with Crippen LogP contribution in [0, 0.1) is 13.8 Å². The summed E-state index contributed by atoms with van der Waals surface area (Å²) >= 11 is 7.45. The summed E-state index contributed by atoms with van der Waals surface area (Å²) in [4.78, 5) is 13.6. The predicted octanol–water partition coefficient (Wildman–Crippen LogP) is 5.70. The summed E-state index contributed by atoms with van der Waals surface area (Å²) in [5, 5.41) is 3.73. The molecule has 0 saturated carbocycles. The van der Waals surface area contributed by atoms with E-state index in [9.17, 15) is 4.79 Å². The Balaban J connectivity index is 2.04. The van der Waals surface area contributed by atoms with Crippen molar-refractivity contribution in [3.63, 3.8) is 0 Å². The number of aryl methyl sites for hydroxylation is 2.